The number of nitrogens with two attached hydrogens (primary N) is 1. The predicted molar refractivity (Wildman–Crippen MR) is 64.0 cm³/mol. The lowest BCUT2D eigenvalue weighted by Gasteiger charge is -2.22. The van der Waals surface area contributed by atoms with Gasteiger partial charge in [0.15, 0.2) is 0 Å². The van der Waals surface area contributed by atoms with E-state index < -0.39 is 0 Å². The maximum atomic E-state index is 11.9. The average Bonchev–Trinajstić information content (AvgIpc) is 2.87. The second-order valence-electron chi connectivity index (χ2n) is 5.27. The summed E-state index contributed by atoms with van der Waals surface area (Å²) in [5, 5.41) is 0. The topological polar surface area (TPSA) is 49.6 Å². The number of rotatable bonds is 3. The van der Waals surface area contributed by atoms with E-state index in [-0.39, 0.29) is 11.9 Å². The standard InChI is InChI=1S/C12H23N3O/c1-14-7-4-10(9-14)11(13)8-12(16)15-5-2-3-6-15/h10-11H,2-9,13H2,1H3. The van der Waals surface area contributed by atoms with Crippen molar-refractivity contribution in [3.05, 3.63) is 0 Å². The van der Waals surface area contributed by atoms with Gasteiger partial charge in [-0.05, 0) is 38.8 Å². The van der Waals surface area contributed by atoms with Gasteiger partial charge in [-0.1, -0.05) is 0 Å². The number of amides is 1. The molecule has 0 aromatic rings. The summed E-state index contributed by atoms with van der Waals surface area (Å²) in [7, 11) is 2.12. The van der Waals surface area contributed by atoms with Crippen LogP contribution in [0.5, 0.6) is 0 Å². The molecule has 4 heteroatoms. The monoisotopic (exact) mass is 225 g/mol. The van der Waals surface area contributed by atoms with Crippen molar-refractivity contribution < 1.29 is 4.79 Å². The van der Waals surface area contributed by atoms with Gasteiger partial charge in [-0.3, -0.25) is 4.79 Å². The highest BCUT2D eigenvalue weighted by molar-refractivity contribution is 5.77. The summed E-state index contributed by atoms with van der Waals surface area (Å²) in [5.41, 5.74) is 6.14. The molecule has 0 aromatic heterocycles. The van der Waals surface area contributed by atoms with E-state index in [0.29, 0.717) is 12.3 Å². The lowest BCUT2D eigenvalue weighted by Crippen LogP contribution is -2.38. The van der Waals surface area contributed by atoms with Gasteiger partial charge in [-0.2, -0.15) is 0 Å². The van der Waals surface area contributed by atoms with Gasteiger partial charge < -0.3 is 15.5 Å². The Balaban J connectivity index is 1.77. The van der Waals surface area contributed by atoms with E-state index in [1.165, 1.54) is 0 Å². The lowest BCUT2D eigenvalue weighted by atomic mass is 9.96. The Bertz CT molecular complexity index is 251. The third-order valence-corrected chi connectivity index (χ3v) is 3.90. The van der Waals surface area contributed by atoms with Gasteiger partial charge in [0.25, 0.3) is 0 Å². The van der Waals surface area contributed by atoms with Gasteiger partial charge in [0.1, 0.15) is 0 Å². The molecule has 2 rings (SSSR count). The van der Waals surface area contributed by atoms with Gasteiger partial charge in [0.05, 0.1) is 0 Å². The number of likely N-dealkylation sites (tertiary alicyclic amines) is 2. The van der Waals surface area contributed by atoms with Crippen LogP contribution in [0.2, 0.25) is 0 Å². The van der Waals surface area contributed by atoms with Crippen LogP contribution in [0.3, 0.4) is 0 Å². The van der Waals surface area contributed by atoms with Crippen LogP contribution in [0.4, 0.5) is 0 Å². The first kappa shape index (κ1) is 11.9. The first-order valence-corrected chi connectivity index (χ1v) is 6.38. The summed E-state index contributed by atoms with van der Waals surface area (Å²) in [4.78, 5) is 16.2. The van der Waals surface area contributed by atoms with Crippen molar-refractivity contribution >= 4 is 5.91 Å². The van der Waals surface area contributed by atoms with Crippen LogP contribution in [0, 0.1) is 5.92 Å². The van der Waals surface area contributed by atoms with Crippen molar-refractivity contribution in [2.75, 3.05) is 33.2 Å². The van der Waals surface area contributed by atoms with Crippen LogP contribution in [0.15, 0.2) is 0 Å². The molecule has 0 radical (unpaired) electrons. The Morgan fingerprint density at radius 2 is 2.06 bits per heavy atom. The SMILES string of the molecule is CN1CCC(C(N)CC(=O)N2CCCC2)C1. The maximum absolute atomic E-state index is 11.9. The highest BCUT2D eigenvalue weighted by Crippen LogP contribution is 2.20. The van der Waals surface area contributed by atoms with E-state index in [0.717, 1.165) is 45.4 Å². The molecule has 2 fully saturated rings. The second kappa shape index (κ2) is 5.15. The highest BCUT2D eigenvalue weighted by Gasteiger charge is 2.28. The van der Waals surface area contributed by atoms with Crippen molar-refractivity contribution in [3.8, 4) is 0 Å². The van der Waals surface area contributed by atoms with Crippen molar-refractivity contribution in [1.82, 2.24) is 9.80 Å². The van der Waals surface area contributed by atoms with Crippen molar-refractivity contribution in [2.45, 2.75) is 31.7 Å². The third-order valence-electron chi connectivity index (χ3n) is 3.90. The maximum Gasteiger partial charge on any atom is 0.224 e. The van der Waals surface area contributed by atoms with Gasteiger partial charge in [-0.25, -0.2) is 0 Å². The smallest absolute Gasteiger partial charge is 0.224 e. The molecule has 2 heterocycles. The fourth-order valence-corrected chi connectivity index (χ4v) is 2.78. The largest absolute Gasteiger partial charge is 0.343 e. The third kappa shape index (κ3) is 2.74. The molecule has 0 saturated carbocycles. The molecule has 2 aliphatic heterocycles. The van der Waals surface area contributed by atoms with Crippen LogP contribution in [-0.2, 0) is 4.79 Å². The molecule has 2 unspecified atom stereocenters. The highest BCUT2D eigenvalue weighted by atomic mass is 16.2. The lowest BCUT2D eigenvalue weighted by molar-refractivity contribution is -0.130. The van der Waals surface area contributed by atoms with Gasteiger partial charge >= 0.3 is 0 Å². The molecule has 2 saturated heterocycles. The second-order valence-corrected chi connectivity index (χ2v) is 5.27. The zero-order valence-electron chi connectivity index (χ0n) is 10.2. The molecule has 92 valence electrons. The quantitative estimate of drug-likeness (QED) is 0.750. The zero-order chi connectivity index (χ0) is 11.5. The normalized spacial score (nSPS) is 28.6. The number of hydrogen-bond acceptors (Lipinski definition) is 3. The van der Waals surface area contributed by atoms with E-state index in [4.69, 9.17) is 5.73 Å². The Kier molecular flexibility index (Phi) is 3.82. The summed E-state index contributed by atoms with van der Waals surface area (Å²) in [6.45, 7) is 4.05. The van der Waals surface area contributed by atoms with E-state index in [1.54, 1.807) is 0 Å². The number of carbonyl (C=O) groups is 1. The van der Waals surface area contributed by atoms with Crippen LogP contribution in [0.25, 0.3) is 0 Å². The van der Waals surface area contributed by atoms with E-state index >= 15 is 0 Å². The minimum absolute atomic E-state index is 0.0537. The molecule has 0 aliphatic carbocycles. The van der Waals surface area contributed by atoms with Crippen LogP contribution >= 0.6 is 0 Å². The average molecular weight is 225 g/mol. The zero-order valence-corrected chi connectivity index (χ0v) is 10.2. The van der Waals surface area contributed by atoms with Crippen molar-refractivity contribution in [3.63, 3.8) is 0 Å². The van der Waals surface area contributed by atoms with E-state index in [2.05, 4.69) is 11.9 Å². The van der Waals surface area contributed by atoms with Crippen LogP contribution in [0.1, 0.15) is 25.7 Å². The summed E-state index contributed by atoms with van der Waals surface area (Å²) < 4.78 is 0. The summed E-state index contributed by atoms with van der Waals surface area (Å²) in [5.74, 6) is 0.774. The minimum atomic E-state index is 0.0537. The molecule has 0 aromatic carbocycles. The molecule has 1 amide bonds. The predicted octanol–water partition coefficient (Wildman–Crippen LogP) is 0.278. The molecule has 0 spiro atoms. The van der Waals surface area contributed by atoms with Crippen molar-refractivity contribution in [1.29, 1.82) is 0 Å². The van der Waals surface area contributed by atoms with Crippen LogP contribution in [-0.4, -0.2) is 55.0 Å². The Hall–Kier alpha value is -0.610. The molecule has 16 heavy (non-hydrogen) atoms. The first-order valence-electron chi connectivity index (χ1n) is 6.38. The number of nitrogens with zero attached hydrogens (tertiary/aromatic N) is 2. The fraction of sp³-hybridized carbons (Fsp3) is 0.917. The molecule has 2 aliphatic rings. The Morgan fingerprint density at radius 1 is 1.38 bits per heavy atom. The molecule has 0 bridgehead atoms. The Morgan fingerprint density at radius 3 is 2.62 bits per heavy atom. The molecule has 4 nitrogen and oxygen atoms in total. The van der Waals surface area contributed by atoms with Crippen molar-refractivity contribution in [2.24, 2.45) is 11.7 Å². The number of carbonyl (C=O) groups excluding carboxylic acids is 1. The summed E-state index contributed by atoms with van der Waals surface area (Å²) >= 11 is 0. The van der Waals surface area contributed by atoms with Crippen LogP contribution < -0.4 is 5.73 Å². The first-order chi connectivity index (χ1) is 7.66. The van der Waals surface area contributed by atoms with Gasteiger partial charge in [0.2, 0.25) is 5.91 Å². The van der Waals surface area contributed by atoms with Gasteiger partial charge in [-0.15, -0.1) is 0 Å². The Labute approximate surface area is 97.8 Å². The molecular formula is C12H23N3O. The molecular weight excluding hydrogens is 202 g/mol. The van der Waals surface area contributed by atoms with E-state index in [9.17, 15) is 4.79 Å². The van der Waals surface area contributed by atoms with E-state index in [1.807, 2.05) is 4.90 Å². The summed E-state index contributed by atoms with van der Waals surface area (Å²) in [6.07, 6.45) is 4.00. The minimum Gasteiger partial charge on any atom is -0.343 e. The fourth-order valence-electron chi connectivity index (χ4n) is 2.78. The molecule has 2 N–H and O–H groups in total. The molecule has 2 atom stereocenters. The van der Waals surface area contributed by atoms with Gasteiger partial charge in [0, 0.05) is 32.1 Å². The summed E-state index contributed by atoms with van der Waals surface area (Å²) in [6, 6.07) is 0.0537. The number of hydrogen-bond donors (Lipinski definition) is 1.